The molecule has 1 aromatic heterocycles. The Bertz CT molecular complexity index is 1240. The van der Waals surface area contributed by atoms with Crippen LogP contribution in [0.2, 0.25) is 0 Å². The molecule has 2 N–H and O–H groups in total. The second-order valence-electron chi connectivity index (χ2n) is 10.7. The summed E-state index contributed by atoms with van der Waals surface area (Å²) in [6.45, 7) is 7.43. The number of halogens is 4. The number of nitrogens with two attached hydrogens (primary N) is 1. The number of rotatable bonds is 7. The third-order valence-electron chi connectivity index (χ3n) is 7.27. The van der Waals surface area contributed by atoms with E-state index in [9.17, 15) is 22.8 Å². The Hall–Kier alpha value is -3.39. The van der Waals surface area contributed by atoms with E-state index in [0.717, 1.165) is 12.1 Å². The minimum absolute atomic E-state index is 0.0594. The standard InChI is InChI=1S/C26H30BF4N3O6/c1-24(2)25(3,4)40-27(39-24)16-12-18(22(32)36)23(33-13-16)37-20-9-10-34(14-19(20)28)21(35)11-15-5-7-17(8-6-15)38-26(29,30)31/h5-8,12-13,19-20H,9-11,14H2,1-4H3,(H2,32,36)/t19-,20-/m0/s1. The normalized spacial score (nSPS) is 22.2. The van der Waals surface area contributed by atoms with Crippen LogP contribution < -0.4 is 20.7 Å². The smallest absolute Gasteiger partial charge is 0.471 e. The quantitative estimate of drug-likeness (QED) is 0.405. The molecule has 0 spiro atoms. The molecule has 2 amide bonds. The molecule has 216 valence electrons. The summed E-state index contributed by atoms with van der Waals surface area (Å²) < 4.78 is 73.6. The number of carbonyl (C=O) groups is 2. The first kappa shape index (κ1) is 29.6. The zero-order valence-electron chi connectivity index (χ0n) is 22.5. The number of carbonyl (C=O) groups excluding carboxylic acids is 2. The molecule has 2 aliphatic heterocycles. The fraction of sp³-hybridized carbons (Fsp3) is 0.500. The van der Waals surface area contributed by atoms with E-state index in [4.69, 9.17) is 19.8 Å². The molecule has 0 aliphatic carbocycles. The molecule has 3 heterocycles. The summed E-state index contributed by atoms with van der Waals surface area (Å²) in [6.07, 6.45) is -5.99. The second kappa shape index (κ2) is 10.9. The van der Waals surface area contributed by atoms with Crippen LogP contribution in [-0.4, -0.2) is 71.7 Å². The number of hydrogen-bond acceptors (Lipinski definition) is 7. The molecule has 0 saturated carbocycles. The van der Waals surface area contributed by atoms with E-state index >= 15 is 4.39 Å². The maximum Gasteiger partial charge on any atom is 0.573 e. The van der Waals surface area contributed by atoms with E-state index in [1.165, 1.54) is 29.3 Å². The van der Waals surface area contributed by atoms with Gasteiger partial charge in [-0.15, -0.1) is 13.2 Å². The highest BCUT2D eigenvalue weighted by Crippen LogP contribution is 2.36. The largest absolute Gasteiger partial charge is 0.573 e. The predicted molar refractivity (Wildman–Crippen MR) is 136 cm³/mol. The molecule has 2 saturated heterocycles. The third-order valence-corrected chi connectivity index (χ3v) is 7.27. The molecule has 2 fully saturated rings. The van der Waals surface area contributed by atoms with Crippen LogP contribution in [0.3, 0.4) is 0 Å². The number of primary amides is 1. The van der Waals surface area contributed by atoms with Gasteiger partial charge in [0.1, 0.15) is 17.4 Å². The number of pyridine rings is 1. The van der Waals surface area contributed by atoms with Crippen molar-refractivity contribution < 1.29 is 45.9 Å². The second-order valence-corrected chi connectivity index (χ2v) is 10.7. The van der Waals surface area contributed by atoms with E-state index in [1.807, 2.05) is 27.7 Å². The van der Waals surface area contributed by atoms with Crippen molar-refractivity contribution in [2.45, 2.75) is 70.4 Å². The zero-order valence-corrected chi connectivity index (χ0v) is 22.5. The van der Waals surface area contributed by atoms with Crippen LogP contribution in [0.15, 0.2) is 36.5 Å². The summed E-state index contributed by atoms with van der Waals surface area (Å²) in [5, 5.41) is 0. The average molecular weight is 567 g/mol. The molecule has 0 unspecified atom stereocenters. The highest BCUT2D eigenvalue weighted by atomic mass is 19.4. The van der Waals surface area contributed by atoms with Crippen molar-refractivity contribution >= 4 is 24.4 Å². The lowest BCUT2D eigenvalue weighted by Crippen LogP contribution is -2.49. The Morgan fingerprint density at radius 3 is 2.33 bits per heavy atom. The van der Waals surface area contributed by atoms with Crippen LogP contribution in [0, 0.1) is 0 Å². The number of likely N-dealkylation sites (tertiary alicyclic amines) is 1. The number of aromatic nitrogens is 1. The van der Waals surface area contributed by atoms with Crippen LogP contribution >= 0.6 is 0 Å². The highest BCUT2D eigenvalue weighted by molar-refractivity contribution is 6.62. The lowest BCUT2D eigenvalue weighted by Gasteiger charge is -2.34. The third kappa shape index (κ3) is 6.66. The predicted octanol–water partition coefficient (Wildman–Crippen LogP) is 2.94. The van der Waals surface area contributed by atoms with Crippen LogP contribution in [-0.2, 0) is 20.5 Å². The zero-order chi connectivity index (χ0) is 29.5. The van der Waals surface area contributed by atoms with Crippen molar-refractivity contribution in [2.24, 2.45) is 5.73 Å². The van der Waals surface area contributed by atoms with E-state index in [0.29, 0.717) is 11.0 Å². The number of hydrogen-bond donors (Lipinski definition) is 1. The number of ether oxygens (including phenoxy) is 2. The molecule has 4 rings (SSSR count). The Labute approximate surface area is 229 Å². The molecule has 1 aromatic carbocycles. The number of alkyl halides is 4. The monoisotopic (exact) mass is 567 g/mol. The fourth-order valence-electron chi connectivity index (χ4n) is 4.33. The van der Waals surface area contributed by atoms with Crippen LogP contribution in [0.4, 0.5) is 17.6 Å². The Morgan fingerprint density at radius 1 is 1.15 bits per heavy atom. The maximum absolute atomic E-state index is 15.1. The number of piperidine rings is 1. The first-order chi connectivity index (χ1) is 18.5. The van der Waals surface area contributed by atoms with Gasteiger partial charge in [0.2, 0.25) is 11.8 Å². The van der Waals surface area contributed by atoms with Crippen molar-refractivity contribution in [3.63, 3.8) is 0 Å². The van der Waals surface area contributed by atoms with Crippen molar-refractivity contribution in [1.82, 2.24) is 9.88 Å². The van der Waals surface area contributed by atoms with Crippen LogP contribution in [0.5, 0.6) is 11.6 Å². The fourth-order valence-corrected chi connectivity index (χ4v) is 4.33. The Morgan fingerprint density at radius 2 is 1.77 bits per heavy atom. The van der Waals surface area contributed by atoms with E-state index < -0.39 is 54.5 Å². The van der Waals surface area contributed by atoms with Gasteiger partial charge in [-0.05, 0) is 51.5 Å². The van der Waals surface area contributed by atoms with Crippen LogP contribution in [0.1, 0.15) is 50.0 Å². The van der Waals surface area contributed by atoms with E-state index in [-0.39, 0.29) is 37.4 Å². The van der Waals surface area contributed by atoms with Gasteiger partial charge >= 0.3 is 13.5 Å². The van der Waals surface area contributed by atoms with Gasteiger partial charge in [-0.1, -0.05) is 12.1 Å². The summed E-state index contributed by atoms with van der Waals surface area (Å²) in [6, 6.07) is 6.34. The highest BCUT2D eigenvalue weighted by Gasteiger charge is 2.52. The van der Waals surface area contributed by atoms with Gasteiger partial charge in [-0.3, -0.25) is 9.59 Å². The average Bonchev–Trinajstić information content (AvgIpc) is 3.07. The van der Waals surface area contributed by atoms with Crippen molar-refractivity contribution in [1.29, 1.82) is 0 Å². The van der Waals surface area contributed by atoms with Gasteiger partial charge in [0, 0.05) is 24.6 Å². The summed E-state index contributed by atoms with van der Waals surface area (Å²) in [5.74, 6) is -1.76. The van der Waals surface area contributed by atoms with E-state index in [1.54, 1.807) is 0 Å². The first-order valence-electron chi connectivity index (χ1n) is 12.6. The summed E-state index contributed by atoms with van der Waals surface area (Å²) >= 11 is 0. The summed E-state index contributed by atoms with van der Waals surface area (Å²) in [7, 11) is -0.791. The molecule has 2 aromatic rings. The van der Waals surface area contributed by atoms with Gasteiger partial charge < -0.3 is 29.4 Å². The Kier molecular flexibility index (Phi) is 8.05. The molecule has 14 heteroatoms. The van der Waals surface area contributed by atoms with Gasteiger partial charge in [0.05, 0.1) is 24.2 Å². The summed E-state index contributed by atoms with van der Waals surface area (Å²) in [5.41, 5.74) is 5.17. The molecule has 0 bridgehead atoms. The van der Waals surface area contributed by atoms with Gasteiger partial charge in [0.25, 0.3) is 5.91 Å². The molecule has 2 aliphatic rings. The number of amides is 2. The molecule has 0 radical (unpaired) electrons. The van der Waals surface area contributed by atoms with Crippen molar-refractivity contribution in [2.75, 3.05) is 13.1 Å². The van der Waals surface area contributed by atoms with Crippen molar-refractivity contribution in [3.8, 4) is 11.6 Å². The number of nitrogens with zero attached hydrogens (tertiary/aromatic N) is 2. The van der Waals surface area contributed by atoms with Gasteiger partial charge in [-0.2, -0.15) is 0 Å². The van der Waals surface area contributed by atoms with Crippen molar-refractivity contribution in [3.05, 3.63) is 47.7 Å². The van der Waals surface area contributed by atoms with Gasteiger partial charge in [0.15, 0.2) is 6.17 Å². The Balaban J connectivity index is 1.37. The summed E-state index contributed by atoms with van der Waals surface area (Å²) in [4.78, 5) is 30.4. The molecule has 40 heavy (non-hydrogen) atoms. The van der Waals surface area contributed by atoms with E-state index in [2.05, 4.69) is 9.72 Å². The first-order valence-corrected chi connectivity index (χ1v) is 12.6. The lowest BCUT2D eigenvalue weighted by atomic mass is 9.79. The topological polar surface area (TPSA) is 113 Å². The SMILES string of the molecule is CC1(C)OB(c2cnc(O[C@H]3CCN(C(=O)Cc4ccc(OC(F)(F)F)cc4)C[C@@H]3F)c(C(N)=O)c2)OC1(C)C. The minimum atomic E-state index is -4.82. The van der Waals surface area contributed by atoms with Crippen LogP contribution in [0.25, 0.3) is 0 Å². The molecule has 2 atom stereocenters. The molecular formula is C26H30BF4N3O6. The molecule has 9 nitrogen and oxygen atoms in total. The lowest BCUT2D eigenvalue weighted by molar-refractivity contribution is -0.274. The number of benzene rings is 1. The van der Waals surface area contributed by atoms with Gasteiger partial charge in [-0.25, -0.2) is 9.37 Å². The maximum atomic E-state index is 15.1. The minimum Gasteiger partial charge on any atom is -0.471 e. The molecular weight excluding hydrogens is 537 g/mol.